The maximum Gasteiger partial charge on any atom is 0.161 e. The van der Waals surface area contributed by atoms with E-state index in [1.165, 1.54) is 49.5 Å². The minimum Gasteiger partial charge on any atom is -0.228 e. The van der Waals surface area contributed by atoms with E-state index in [9.17, 15) is 0 Å². The van der Waals surface area contributed by atoms with E-state index in [-0.39, 0.29) is 5.41 Å². The lowest BCUT2D eigenvalue weighted by Gasteiger charge is -2.21. The van der Waals surface area contributed by atoms with Crippen molar-refractivity contribution >= 4 is 21.5 Å². The topological polar surface area (TPSA) is 25.8 Å². The van der Waals surface area contributed by atoms with Crippen LogP contribution in [-0.2, 0) is 5.41 Å². The van der Waals surface area contributed by atoms with Gasteiger partial charge >= 0.3 is 0 Å². The van der Waals surface area contributed by atoms with Crippen molar-refractivity contribution < 1.29 is 0 Å². The zero-order valence-corrected chi connectivity index (χ0v) is 26.4. The lowest BCUT2D eigenvalue weighted by Crippen LogP contribution is -2.14. The van der Waals surface area contributed by atoms with Gasteiger partial charge in [0.05, 0.1) is 11.4 Å². The molecule has 222 valence electrons. The molecule has 0 radical (unpaired) electrons. The smallest absolute Gasteiger partial charge is 0.161 e. The summed E-state index contributed by atoms with van der Waals surface area (Å²) in [6.45, 7) is 4.66. The normalized spacial score (nSPS) is 13.1. The van der Waals surface area contributed by atoms with E-state index in [4.69, 9.17) is 9.97 Å². The Balaban J connectivity index is 1.22. The molecule has 8 aromatic rings. The van der Waals surface area contributed by atoms with Gasteiger partial charge in [-0.2, -0.15) is 0 Å². The van der Waals surface area contributed by atoms with Crippen molar-refractivity contribution in [1.29, 1.82) is 0 Å². The zero-order chi connectivity index (χ0) is 31.5. The van der Waals surface area contributed by atoms with Gasteiger partial charge < -0.3 is 0 Å². The molecule has 0 amide bonds. The fourth-order valence-corrected chi connectivity index (χ4v) is 7.45. The van der Waals surface area contributed by atoms with E-state index in [1.807, 2.05) is 6.07 Å². The summed E-state index contributed by atoms with van der Waals surface area (Å²) in [6, 6.07) is 56.5. The van der Waals surface area contributed by atoms with Gasteiger partial charge in [0, 0.05) is 22.1 Å². The first kappa shape index (κ1) is 27.5. The molecule has 0 atom stereocenters. The molecule has 0 saturated heterocycles. The van der Waals surface area contributed by atoms with Crippen molar-refractivity contribution in [2.75, 3.05) is 0 Å². The van der Waals surface area contributed by atoms with Crippen molar-refractivity contribution in [2.24, 2.45) is 0 Å². The number of nitrogens with zero attached hydrogens (tertiary/aromatic N) is 2. The van der Waals surface area contributed by atoms with Crippen molar-refractivity contribution in [3.05, 3.63) is 169 Å². The van der Waals surface area contributed by atoms with E-state index < -0.39 is 0 Å². The van der Waals surface area contributed by atoms with Crippen LogP contribution >= 0.6 is 0 Å². The molecule has 1 aromatic heterocycles. The Kier molecular flexibility index (Phi) is 6.20. The molecule has 2 nitrogen and oxygen atoms in total. The van der Waals surface area contributed by atoms with Crippen molar-refractivity contribution in [3.8, 4) is 56.2 Å². The van der Waals surface area contributed by atoms with E-state index >= 15 is 0 Å². The lowest BCUT2D eigenvalue weighted by atomic mass is 9.82. The fraction of sp³-hybridized carbons (Fsp3) is 0.0667. The van der Waals surface area contributed by atoms with Gasteiger partial charge in [0.1, 0.15) is 0 Å². The molecule has 47 heavy (non-hydrogen) atoms. The molecule has 0 spiro atoms. The van der Waals surface area contributed by atoms with Gasteiger partial charge in [0.25, 0.3) is 0 Å². The number of fused-ring (bicyclic) bond motifs is 5. The molecule has 0 aliphatic heterocycles. The predicted octanol–water partition coefficient (Wildman–Crippen LogP) is 11.8. The van der Waals surface area contributed by atoms with Crippen LogP contribution in [0.15, 0.2) is 158 Å². The zero-order valence-electron chi connectivity index (χ0n) is 26.4. The molecule has 7 aromatic carbocycles. The maximum absolute atomic E-state index is 5.24. The Morgan fingerprint density at radius 3 is 1.83 bits per heavy atom. The number of aromatic nitrogens is 2. The third-order valence-electron chi connectivity index (χ3n) is 9.90. The van der Waals surface area contributed by atoms with Gasteiger partial charge in [-0.15, -0.1) is 0 Å². The highest BCUT2D eigenvalue weighted by Crippen LogP contribution is 2.50. The van der Waals surface area contributed by atoms with Crippen molar-refractivity contribution in [3.63, 3.8) is 0 Å². The molecule has 1 heterocycles. The second-order valence-corrected chi connectivity index (χ2v) is 13.0. The summed E-state index contributed by atoms with van der Waals surface area (Å²) in [7, 11) is 0. The molecule has 1 aliphatic rings. The maximum atomic E-state index is 5.24. The van der Waals surface area contributed by atoms with Crippen LogP contribution in [0, 0.1) is 0 Å². The van der Waals surface area contributed by atoms with Gasteiger partial charge in [-0.25, -0.2) is 9.97 Å². The molecule has 1 aliphatic carbocycles. The number of hydrogen-bond donors (Lipinski definition) is 0. The first-order valence-electron chi connectivity index (χ1n) is 16.3. The Morgan fingerprint density at radius 2 is 1.00 bits per heavy atom. The summed E-state index contributed by atoms with van der Waals surface area (Å²) in [5.74, 6) is 0.724. The molecule has 9 rings (SSSR count). The number of rotatable bonds is 4. The van der Waals surface area contributed by atoms with Crippen LogP contribution in [0.2, 0.25) is 0 Å². The van der Waals surface area contributed by atoms with Gasteiger partial charge in [-0.1, -0.05) is 147 Å². The highest BCUT2D eigenvalue weighted by molar-refractivity contribution is 6.05. The second-order valence-electron chi connectivity index (χ2n) is 13.0. The molecule has 0 fully saturated rings. The second kappa shape index (κ2) is 10.6. The Hall–Kier alpha value is -5.86. The predicted molar refractivity (Wildman–Crippen MR) is 196 cm³/mol. The standard InChI is InChI=1S/C45H32N2/c1-45(2)40-19-11-10-18-37(40)39-27-32(22-25-41(39)45)34-23-24-38(36-17-9-8-16-35(34)36)44-46-42(30-13-4-3-5-14-30)28-43(47-44)33-21-20-29-12-6-7-15-31(29)26-33/h3-28H,1-2H3. The largest absolute Gasteiger partial charge is 0.228 e. The Labute approximate surface area is 275 Å². The van der Waals surface area contributed by atoms with Crippen LogP contribution in [0.1, 0.15) is 25.0 Å². The summed E-state index contributed by atoms with van der Waals surface area (Å²) >= 11 is 0. The van der Waals surface area contributed by atoms with Crippen molar-refractivity contribution in [1.82, 2.24) is 9.97 Å². The summed E-state index contributed by atoms with van der Waals surface area (Å²) in [4.78, 5) is 10.4. The molecule has 0 bridgehead atoms. The molecule has 2 heteroatoms. The number of hydrogen-bond acceptors (Lipinski definition) is 2. The summed E-state index contributed by atoms with van der Waals surface area (Å²) in [5, 5.41) is 4.74. The highest BCUT2D eigenvalue weighted by atomic mass is 14.9. The van der Waals surface area contributed by atoms with Crippen LogP contribution in [0.3, 0.4) is 0 Å². The summed E-state index contributed by atoms with van der Waals surface area (Å²) in [6.07, 6.45) is 0. The average Bonchev–Trinajstić information content (AvgIpc) is 3.36. The highest BCUT2D eigenvalue weighted by Gasteiger charge is 2.35. The Bertz CT molecular complexity index is 2490. The minimum atomic E-state index is -0.0137. The first-order chi connectivity index (χ1) is 23.0. The summed E-state index contributed by atoms with van der Waals surface area (Å²) < 4.78 is 0. The first-order valence-corrected chi connectivity index (χ1v) is 16.3. The molecule has 0 N–H and O–H groups in total. The van der Waals surface area contributed by atoms with Crippen molar-refractivity contribution in [2.45, 2.75) is 19.3 Å². The Morgan fingerprint density at radius 1 is 0.383 bits per heavy atom. The monoisotopic (exact) mass is 600 g/mol. The van der Waals surface area contributed by atoms with Gasteiger partial charge in [-0.05, 0) is 79.2 Å². The quantitative estimate of drug-likeness (QED) is 0.201. The van der Waals surface area contributed by atoms with Crippen LogP contribution in [0.5, 0.6) is 0 Å². The molecule has 0 saturated carbocycles. The SMILES string of the molecule is CC1(C)c2ccccc2-c2cc(-c3ccc(-c4nc(-c5ccccc5)cc(-c5ccc6ccccc6c5)n4)c4ccccc34)ccc21. The van der Waals surface area contributed by atoms with Crippen LogP contribution in [0.25, 0.3) is 77.7 Å². The fourth-order valence-electron chi connectivity index (χ4n) is 7.45. The van der Waals surface area contributed by atoms with Gasteiger partial charge in [0.2, 0.25) is 0 Å². The third kappa shape index (κ3) is 4.48. The van der Waals surface area contributed by atoms with Crippen LogP contribution in [-0.4, -0.2) is 9.97 Å². The minimum absolute atomic E-state index is 0.0137. The van der Waals surface area contributed by atoms with E-state index in [0.717, 1.165) is 39.3 Å². The van der Waals surface area contributed by atoms with E-state index in [1.54, 1.807) is 0 Å². The average molecular weight is 601 g/mol. The van der Waals surface area contributed by atoms with E-state index in [2.05, 4.69) is 166 Å². The molecule has 0 unspecified atom stereocenters. The third-order valence-corrected chi connectivity index (χ3v) is 9.90. The molecular formula is C45H32N2. The van der Waals surface area contributed by atoms with Crippen LogP contribution < -0.4 is 0 Å². The summed E-state index contributed by atoms with van der Waals surface area (Å²) in [5.41, 5.74) is 12.8. The van der Waals surface area contributed by atoms with Gasteiger partial charge in [-0.3, -0.25) is 0 Å². The molecular weight excluding hydrogens is 569 g/mol. The van der Waals surface area contributed by atoms with Crippen LogP contribution in [0.4, 0.5) is 0 Å². The van der Waals surface area contributed by atoms with Gasteiger partial charge in [0.15, 0.2) is 5.82 Å². The lowest BCUT2D eigenvalue weighted by molar-refractivity contribution is 0.660. The van der Waals surface area contributed by atoms with E-state index in [0.29, 0.717) is 0 Å². The number of benzene rings is 7.